The van der Waals surface area contributed by atoms with Gasteiger partial charge in [-0.1, -0.05) is 31.5 Å². The molecule has 2 atom stereocenters. The number of likely N-dealkylation sites (tertiary alicyclic amines) is 1. The third-order valence-corrected chi connectivity index (χ3v) is 8.58. The van der Waals surface area contributed by atoms with Gasteiger partial charge < -0.3 is 24.8 Å². The highest BCUT2D eigenvalue weighted by Gasteiger charge is 2.31. The minimum Gasteiger partial charge on any atom is -0.466 e. The second-order valence-electron chi connectivity index (χ2n) is 13.3. The normalized spacial score (nSPS) is 14.7. The van der Waals surface area contributed by atoms with Gasteiger partial charge in [-0.15, -0.1) is 0 Å². The average Bonchev–Trinajstić information content (AvgIpc) is 2.97. The van der Waals surface area contributed by atoms with Crippen molar-refractivity contribution in [1.29, 1.82) is 0 Å². The lowest BCUT2D eigenvalue weighted by molar-refractivity contribution is -0.143. The van der Waals surface area contributed by atoms with E-state index in [1.165, 1.54) is 16.7 Å². The van der Waals surface area contributed by atoms with Gasteiger partial charge >= 0.3 is 5.97 Å². The van der Waals surface area contributed by atoms with Crippen LogP contribution in [0.15, 0.2) is 47.4 Å². The molecule has 0 spiro atoms. The highest BCUT2D eigenvalue weighted by atomic mass is 19.2. The largest absolute Gasteiger partial charge is 0.466 e. The third kappa shape index (κ3) is 8.74. The summed E-state index contributed by atoms with van der Waals surface area (Å²) in [5.74, 6) is -4.28. The number of carbonyl (C=O) groups excluding carboxylic acids is 3. The molecule has 11 heteroatoms. The van der Waals surface area contributed by atoms with E-state index in [1.54, 1.807) is 19.2 Å². The van der Waals surface area contributed by atoms with Gasteiger partial charge in [-0.2, -0.15) is 0 Å². The molecule has 2 N–H and O–H groups in total. The summed E-state index contributed by atoms with van der Waals surface area (Å²) < 4.78 is 37.4. The first-order valence-corrected chi connectivity index (χ1v) is 16.4. The Morgan fingerprint density at radius 2 is 1.69 bits per heavy atom. The Bertz CT molecular complexity index is 1710. The fourth-order valence-electron chi connectivity index (χ4n) is 6.56. The molecule has 2 aromatic carbocycles. The zero-order chi connectivity index (χ0) is 35.3. The smallest absolute Gasteiger partial charge is 0.308 e. The highest BCUT2D eigenvalue weighted by molar-refractivity contribution is 5.97. The second-order valence-corrected chi connectivity index (χ2v) is 13.3. The maximum Gasteiger partial charge on any atom is 0.308 e. The van der Waals surface area contributed by atoms with Gasteiger partial charge in [0.2, 0.25) is 5.91 Å². The molecular weight excluding hydrogens is 618 g/mol. The van der Waals surface area contributed by atoms with Gasteiger partial charge in [-0.3, -0.25) is 19.2 Å². The highest BCUT2D eigenvalue weighted by Crippen LogP contribution is 2.34. The number of nitrogens with zero attached hydrogens (tertiary/aromatic N) is 2. The van der Waals surface area contributed by atoms with Gasteiger partial charge in [0.1, 0.15) is 11.6 Å². The van der Waals surface area contributed by atoms with E-state index in [2.05, 4.69) is 15.5 Å². The van der Waals surface area contributed by atoms with Gasteiger partial charge in [0, 0.05) is 37.3 Å². The molecule has 0 aliphatic carbocycles. The van der Waals surface area contributed by atoms with E-state index < -0.39 is 53.5 Å². The van der Waals surface area contributed by atoms with Crippen molar-refractivity contribution < 1.29 is 27.9 Å². The summed E-state index contributed by atoms with van der Waals surface area (Å²) in [6.45, 7) is 13.3. The molecule has 1 aliphatic heterocycles. The number of benzene rings is 2. The van der Waals surface area contributed by atoms with Gasteiger partial charge in [-0.05, 0) is 93.6 Å². The predicted octanol–water partition coefficient (Wildman–Crippen LogP) is 5.24. The molecule has 48 heavy (non-hydrogen) atoms. The van der Waals surface area contributed by atoms with E-state index >= 15 is 8.78 Å². The van der Waals surface area contributed by atoms with Crippen LogP contribution in [-0.2, 0) is 20.9 Å². The zero-order valence-corrected chi connectivity index (χ0v) is 28.8. The van der Waals surface area contributed by atoms with E-state index in [0.717, 1.165) is 35.8 Å². The molecular formula is C37H46F2N4O5. The first-order chi connectivity index (χ1) is 22.7. The van der Waals surface area contributed by atoms with Crippen LogP contribution >= 0.6 is 0 Å². The Morgan fingerprint density at radius 1 is 1.02 bits per heavy atom. The minimum absolute atomic E-state index is 0.0518. The Labute approximate surface area is 280 Å². The van der Waals surface area contributed by atoms with Gasteiger partial charge in [-0.25, -0.2) is 8.78 Å². The first kappa shape index (κ1) is 36.5. The summed E-state index contributed by atoms with van der Waals surface area (Å²) in [6.07, 6.45) is 1.34. The third-order valence-electron chi connectivity index (χ3n) is 8.58. The lowest BCUT2D eigenvalue weighted by atomic mass is 9.90. The quantitative estimate of drug-likeness (QED) is 0.242. The maximum atomic E-state index is 15.6. The summed E-state index contributed by atoms with van der Waals surface area (Å²) in [4.78, 5) is 55.4. The summed E-state index contributed by atoms with van der Waals surface area (Å²) in [5.41, 5.74) is 3.03. The van der Waals surface area contributed by atoms with Crippen molar-refractivity contribution in [2.24, 2.45) is 11.8 Å². The van der Waals surface area contributed by atoms with Crippen molar-refractivity contribution in [3.8, 4) is 11.1 Å². The number of aryl methyl sites for hydroxylation is 3. The molecule has 9 nitrogen and oxygen atoms in total. The van der Waals surface area contributed by atoms with Crippen LogP contribution in [0.4, 0.5) is 8.78 Å². The summed E-state index contributed by atoms with van der Waals surface area (Å²) in [7, 11) is 1.99. The van der Waals surface area contributed by atoms with Crippen LogP contribution in [0.5, 0.6) is 0 Å². The number of aromatic nitrogens is 1. The summed E-state index contributed by atoms with van der Waals surface area (Å²) in [6, 6.07) is 6.98. The first-order valence-electron chi connectivity index (χ1n) is 16.4. The lowest BCUT2D eigenvalue weighted by Gasteiger charge is -2.36. The Balaban J connectivity index is 1.66. The maximum absolute atomic E-state index is 15.6. The molecule has 1 aromatic heterocycles. The van der Waals surface area contributed by atoms with Gasteiger partial charge in [0.15, 0.2) is 11.6 Å². The summed E-state index contributed by atoms with van der Waals surface area (Å²) >= 11 is 0. The molecule has 3 aromatic rings. The van der Waals surface area contributed by atoms with Crippen molar-refractivity contribution in [1.82, 2.24) is 20.1 Å². The number of carbonyl (C=O) groups is 3. The molecule has 1 fully saturated rings. The molecule has 2 heterocycles. The van der Waals surface area contributed by atoms with E-state index in [9.17, 15) is 19.2 Å². The molecule has 0 bridgehead atoms. The van der Waals surface area contributed by atoms with Crippen molar-refractivity contribution >= 4 is 17.8 Å². The molecule has 0 saturated carbocycles. The Morgan fingerprint density at radius 3 is 2.29 bits per heavy atom. The predicted molar refractivity (Wildman–Crippen MR) is 181 cm³/mol. The number of rotatable bonds is 13. The molecule has 0 radical (unpaired) electrons. The van der Waals surface area contributed by atoms with Crippen LogP contribution in [0.1, 0.15) is 72.3 Å². The molecule has 258 valence electrons. The summed E-state index contributed by atoms with van der Waals surface area (Å²) in [5, 5.41) is 5.38. The minimum atomic E-state index is -1.32. The molecule has 2 amide bonds. The number of halogens is 2. The van der Waals surface area contributed by atoms with Crippen molar-refractivity contribution in [2.45, 2.75) is 73.0 Å². The standard InChI is InChI=1S/C37H46F2N4O5/c1-8-48-32(44)17-30(28-15-26(16-29(38)34(28)39)33-23(5)13-22(4)14-24(33)6)40-36(46)31(12-21(2)3)41-35(45)27-10-9-11-43(37(27)47)20-25-18-42(7)19-25/h9-11,13-16,21,25,30-31H,8,12,17-20H2,1-7H3,(H,40,46)(H,41,45)/t30-,31-/m0/s1. The molecule has 1 saturated heterocycles. The molecule has 4 rings (SSSR count). The topological polar surface area (TPSA) is 110 Å². The van der Waals surface area contributed by atoms with E-state index in [4.69, 9.17) is 4.74 Å². The molecule has 0 unspecified atom stereocenters. The monoisotopic (exact) mass is 664 g/mol. The number of amides is 2. The number of ether oxygens (including phenoxy) is 1. The second kappa shape index (κ2) is 15.7. The van der Waals surface area contributed by atoms with Crippen LogP contribution in [0, 0.1) is 44.2 Å². The molecule has 1 aliphatic rings. The number of esters is 1. The number of pyridine rings is 1. The number of nitrogens with one attached hydrogen (secondary N) is 2. The van der Waals surface area contributed by atoms with Crippen LogP contribution in [-0.4, -0.2) is 60.0 Å². The SMILES string of the molecule is CCOC(=O)C[C@H](NC(=O)[C@H](CC(C)C)NC(=O)c1cccn(CC2CN(C)C2)c1=O)c1cc(-c2c(C)cc(C)cc2C)cc(F)c1F. The van der Waals surface area contributed by atoms with E-state index in [-0.39, 0.29) is 30.1 Å². The van der Waals surface area contributed by atoms with E-state index in [0.29, 0.717) is 23.6 Å². The fourth-order valence-corrected chi connectivity index (χ4v) is 6.56. The Kier molecular flexibility index (Phi) is 11.9. The average molecular weight is 665 g/mol. The van der Waals surface area contributed by atoms with Crippen molar-refractivity contribution in [2.75, 3.05) is 26.7 Å². The zero-order valence-electron chi connectivity index (χ0n) is 28.8. The number of hydrogen-bond acceptors (Lipinski definition) is 6. The fraction of sp³-hybridized carbons (Fsp3) is 0.459. The van der Waals surface area contributed by atoms with Gasteiger partial charge in [0.25, 0.3) is 11.5 Å². The van der Waals surface area contributed by atoms with Gasteiger partial charge in [0.05, 0.1) is 19.1 Å². The Hall–Kier alpha value is -4.38. The van der Waals surface area contributed by atoms with Crippen molar-refractivity contribution in [3.63, 3.8) is 0 Å². The van der Waals surface area contributed by atoms with Crippen LogP contribution in [0.3, 0.4) is 0 Å². The van der Waals surface area contributed by atoms with E-state index in [1.807, 2.05) is 53.8 Å². The lowest BCUT2D eigenvalue weighted by Crippen LogP contribution is -2.50. The number of hydrogen-bond donors (Lipinski definition) is 2. The van der Waals surface area contributed by atoms with Crippen LogP contribution < -0.4 is 16.2 Å². The van der Waals surface area contributed by atoms with Crippen LogP contribution in [0.2, 0.25) is 0 Å². The van der Waals surface area contributed by atoms with Crippen LogP contribution in [0.25, 0.3) is 11.1 Å². The van der Waals surface area contributed by atoms with Crippen molar-refractivity contribution in [3.05, 3.63) is 92.4 Å².